The van der Waals surface area contributed by atoms with Gasteiger partial charge in [-0.2, -0.15) is 0 Å². The standard InChI is InChI=1S/C17H32O/c1-2-3-4-5-6-10-13-17(18)15-14-16-11-8-7-9-12-16/h16H,2-15H2,1H3. The molecule has 1 fully saturated rings. The molecule has 0 atom stereocenters. The molecule has 0 heterocycles. The molecule has 0 aromatic heterocycles. The van der Waals surface area contributed by atoms with Gasteiger partial charge >= 0.3 is 0 Å². The van der Waals surface area contributed by atoms with Crippen LogP contribution in [0.5, 0.6) is 0 Å². The second-order valence-corrected chi connectivity index (χ2v) is 6.10. The van der Waals surface area contributed by atoms with Crippen molar-refractivity contribution >= 4 is 5.78 Å². The summed E-state index contributed by atoms with van der Waals surface area (Å²) in [7, 11) is 0. The summed E-state index contributed by atoms with van der Waals surface area (Å²) in [5.74, 6) is 1.39. The maximum Gasteiger partial charge on any atom is 0.132 e. The molecule has 1 aliphatic carbocycles. The molecule has 1 saturated carbocycles. The van der Waals surface area contributed by atoms with Crippen molar-refractivity contribution in [1.29, 1.82) is 0 Å². The molecule has 0 unspecified atom stereocenters. The van der Waals surface area contributed by atoms with Crippen molar-refractivity contribution in [2.45, 2.75) is 96.8 Å². The van der Waals surface area contributed by atoms with Crippen molar-refractivity contribution in [1.82, 2.24) is 0 Å². The van der Waals surface area contributed by atoms with Gasteiger partial charge in [0, 0.05) is 12.8 Å². The molecule has 0 aromatic rings. The zero-order valence-electron chi connectivity index (χ0n) is 12.4. The zero-order chi connectivity index (χ0) is 13.1. The molecule has 0 saturated heterocycles. The van der Waals surface area contributed by atoms with Gasteiger partial charge < -0.3 is 0 Å². The highest BCUT2D eigenvalue weighted by atomic mass is 16.1. The number of unbranched alkanes of at least 4 members (excludes halogenated alkanes) is 5. The third kappa shape index (κ3) is 7.89. The van der Waals surface area contributed by atoms with Crippen LogP contribution in [0.4, 0.5) is 0 Å². The van der Waals surface area contributed by atoms with E-state index in [0.717, 1.165) is 25.2 Å². The van der Waals surface area contributed by atoms with Crippen LogP contribution in [0.25, 0.3) is 0 Å². The van der Waals surface area contributed by atoms with E-state index in [2.05, 4.69) is 6.92 Å². The van der Waals surface area contributed by atoms with Gasteiger partial charge in [0.25, 0.3) is 0 Å². The molecule has 18 heavy (non-hydrogen) atoms. The fourth-order valence-electron chi connectivity index (χ4n) is 3.07. The highest BCUT2D eigenvalue weighted by molar-refractivity contribution is 5.78. The van der Waals surface area contributed by atoms with Gasteiger partial charge in [0.05, 0.1) is 0 Å². The minimum absolute atomic E-state index is 0.524. The Hall–Kier alpha value is -0.330. The first-order chi connectivity index (χ1) is 8.83. The molecule has 1 nitrogen and oxygen atoms in total. The molecular formula is C17H32O. The van der Waals surface area contributed by atoms with Crippen LogP contribution in [0.3, 0.4) is 0 Å². The number of hydrogen-bond acceptors (Lipinski definition) is 1. The largest absolute Gasteiger partial charge is 0.300 e. The van der Waals surface area contributed by atoms with E-state index in [9.17, 15) is 4.79 Å². The predicted octanol–water partition coefficient (Wildman–Crippen LogP) is 5.67. The second-order valence-electron chi connectivity index (χ2n) is 6.10. The molecule has 1 aliphatic rings. The molecule has 0 N–H and O–H groups in total. The lowest BCUT2D eigenvalue weighted by molar-refractivity contribution is -0.119. The Morgan fingerprint density at radius 1 is 0.889 bits per heavy atom. The molecule has 0 aliphatic heterocycles. The summed E-state index contributed by atoms with van der Waals surface area (Å²) in [5, 5.41) is 0. The van der Waals surface area contributed by atoms with Gasteiger partial charge in [-0.15, -0.1) is 0 Å². The van der Waals surface area contributed by atoms with Gasteiger partial charge in [-0.05, 0) is 18.8 Å². The van der Waals surface area contributed by atoms with E-state index >= 15 is 0 Å². The van der Waals surface area contributed by atoms with E-state index < -0.39 is 0 Å². The van der Waals surface area contributed by atoms with Crippen LogP contribution >= 0.6 is 0 Å². The average molecular weight is 252 g/mol. The van der Waals surface area contributed by atoms with E-state index in [1.54, 1.807) is 0 Å². The SMILES string of the molecule is CCCCCCCCC(=O)CCC1CCCCC1. The van der Waals surface area contributed by atoms with Gasteiger partial charge in [0.15, 0.2) is 0 Å². The zero-order valence-corrected chi connectivity index (χ0v) is 12.4. The summed E-state index contributed by atoms with van der Waals surface area (Å²) in [6.07, 6.45) is 17.6. The fourth-order valence-corrected chi connectivity index (χ4v) is 3.07. The van der Waals surface area contributed by atoms with Crippen LogP contribution in [0, 0.1) is 5.92 Å². The first-order valence-electron chi connectivity index (χ1n) is 8.34. The first-order valence-corrected chi connectivity index (χ1v) is 8.34. The molecule has 1 heteroatoms. The molecule has 106 valence electrons. The van der Waals surface area contributed by atoms with Gasteiger partial charge in [-0.25, -0.2) is 0 Å². The Morgan fingerprint density at radius 2 is 1.56 bits per heavy atom. The number of carbonyl (C=O) groups excluding carboxylic acids is 1. The Bertz CT molecular complexity index is 204. The van der Waals surface area contributed by atoms with Crippen LogP contribution in [-0.2, 0) is 4.79 Å². The topological polar surface area (TPSA) is 17.1 Å². The van der Waals surface area contributed by atoms with E-state index in [-0.39, 0.29) is 0 Å². The fraction of sp³-hybridized carbons (Fsp3) is 0.941. The third-order valence-corrected chi connectivity index (χ3v) is 4.37. The van der Waals surface area contributed by atoms with Crippen LogP contribution in [0.15, 0.2) is 0 Å². The van der Waals surface area contributed by atoms with Crippen molar-refractivity contribution in [3.8, 4) is 0 Å². The van der Waals surface area contributed by atoms with Crippen molar-refractivity contribution in [2.75, 3.05) is 0 Å². The maximum atomic E-state index is 11.8. The number of ketones is 1. The van der Waals surface area contributed by atoms with Crippen molar-refractivity contribution < 1.29 is 4.79 Å². The van der Waals surface area contributed by atoms with Crippen LogP contribution < -0.4 is 0 Å². The summed E-state index contributed by atoms with van der Waals surface area (Å²) in [4.78, 5) is 11.8. The highest BCUT2D eigenvalue weighted by Crippen LogP contribution is 2.27. The van der Waals surface area contributed by atoms with Gasteiger partial charge in [0.2, 0.25) is 0 Å². The average Bonchev–Trinajstić information content (AvgIpc) is 2.41. The summed E-state index contributed by atoms with van der Waals surface area (Å²) in [5.41, 5.74) is 0. The minimum atomic E-state index is 0.524. The quantitative estimate of drug-likeness (QED) is 0.458. The lowest BCUT2D eigenvalue weighted by Crippen LogP contribution is -2.08. The van der Waals surface area contributed by atoms with Crippen molar-refractivity contribution in [2.24, 2.45) is 5.92 Å². The van der Waals surface area contributed by atoms with Crippen molar-refractivity contribution in [3.05, 3.63) is 0 Å². The maximum absolute atomic E-state index is 11.8. The molecular weight excluding hydrogens is 220 g/mol. The van der Waals surface area contributed by atoms with E-state index in [1.807, 2.05) is 0 Å². The summed E-state index contributed by atoms with van der Waals surface area (Å²) in [6.45, 7) is 2.24. The van der Waals surface area contributed by atoms with Gasteiger partial charge in [-0.1, -0.05) is 71.1 Å². The summed E-state index contributed by atoms with van der Waals surface area (Å²) >= 11 is 0. The second kappa shape index (κ2) is 10.6. The first kappa shape index (κ1) is 15.7. The normalized spacial score (nSPS) is 16.9. The molecule has 0 radical (unpaired) electrons. The van der Waals surface area contributed by atoms with E-state index in [0.29, 0.717) is 5.78 Å². The highest BCUT2D eigenvalue weighted by Gasteiger charge is 2.14. The lowest BCUT2D eigenvalue weighted by Gasteiger charge is -2.20. The molecule has 0 spiro atoms. The lowest BCUT2D eigenvalue weighted by atomic mass is 9.85. The summed E-state index contributed by atoms with van der Waals surface area (Å²) < 4.78 is 0. The number of hydrogen-bond donors (Lipinski definition) is 0. The minimum Gasteiger partial charge on any atom is -0.300 e. The predicted molar refractivity (Wildman–Crippen MR) is 78.8 cm³/mol. The molecule has 0 amide bonds. The number of rotatable bonds is 10. The Morgan fingerprint density at radius 3 is 2.28 bits per heavy atom. The molecule has 1 rings (SSSR count). The Labute approximate surface area is 114 Å². The van der Waals surface area contributed by atoms with Crippen LogP contribution in [0.1, 0.15) is 96.8 Å². The monoisotopic (exact) mass is 252 g/mol. The Balaban J connectivity index is 1.90. The number of carbonyl (C=O) groups is 1. The number of Topliss-reactive ketones (excluding diaryl/α,β-unsaturated/α-hetero) is 1. The Kier molecular flexibility index (Phi) is 9.24. The van der Waals surface area contributed by atoms with Gasteiger partial charge in [0.1, 0.15) is 5.78 Å². The smallest absolute Gasteiger partial charge is 0.132 e. The third-order valence-electron chi connectivity index (χ3n) is 4.37. The van der Waals surface area contributed by atoms with E-state index in [4.69, 9.17) is 0 Å². The summed E-state index contributed by atoms with van der Waals surface area (Å²) in [6, 6.07) is 0. The molecule has 0 aromatic carbocycles. The van der Waals surface area contributed by atoms with E-state index in [1.165, 1.54) is 70.6 Å². The van der Waals surface area contributed by atoms with Crippen LogP contribution in [0.2, 0.25) is 0 Å². The molecule has 0 bridgehead atoms. The van der Waals surface area contributed by atoms with Crippen molar-refractivity contribution in [3.63, 3.8) is 0 Å². The van der Waals surface area contributed by atoms with Gasteiger partial charge in [-0.3, -0.25) is 4.79 Å². The van der Waals surface area contributed by atoms with Crippen LogP contribution in [-0.4, -0.2) is 5.78 Å².